The maximum Gasteiger partial charge on any atom is 0.228 e. The predicted molar refractivity (Wildman–Crippen MR) is 150 cm³/mol. The van der Waals surface area contributed by atoms with Crippen LogP contribution in [0.15, 0.2) is 109 Å². The Hall–Kier alpha value is -5.44. The SMILES string of the molecule is O=C(Cc1cc(F)ccc1F)Nc1cccc(-c2nn3ccccc3c2-c2ccnc(Nc3ccccc3)n2)c1. The molecule has 0 atom stereocenters. The smallest absolute Gasteiger partial charge is 0.228 e. The van der Waals surface area contributed by atoms with E-state index in [9.17, 15) is 13.6 Å². The first kappa shape index (κ1) is 24.9. The molecule has 3 aromatic heterocycles. The highest BCUT2D eigenvalue weighted by atomic mass is 19.1. The zero-order valence-corrected chi connectivity index (χ0v) is 21.1. The summed E-state index contributed by atoms with van der Waals surface area (Å²) in [5.74, 6) is -1.26. The standard InChI is InChI=1S/C31H22F2N6O/c32-22-12-13-25(33)21(17-22)19-28(40)35-24-10-6-7-20(18-24)30-29(27-11-4-5-16-39(27)38-30)26-14-15-34-31(37-26)36-23-8-2-1-3-9-23/h1-18H,19H2,(H,35,40)(H,34,36,37). The predicted octanol–water partition coefficient (Wildman–Crippen LogP) is 6.66. The number of carbonyl (C=O) groups excluding carboxylic acids is 1. The number of carbonyl (C=O) groups is 1. The Bertz CT molecular complexity index is 1840. The number of halogens is 2. The number of nitrogens with one attached hydrogen (secondary N) is 2. The molecule has 196 valence electrons. The van der Waals surface area contributed by atoms with Gasteiger partial charge in [0.15, 0.2) is 0 Å². The van der Waals surface area contributed by atoms with Gasteiger partial charge in [0, 0.05) is 34.9 Å². The van der Waals surface area contributed by atoms with Crippen molar-refractivity contribution >= 4 is 28.7 Å². The first-order chi connectivity index (χ1) is 19.5. The Morgan fingerprint density at radius 3 is 2.55 bits per heavy atom. The molecule has 9 heteroatoms. The largest absolute Gasteiger partial charge is 0.326 e. The number of benzene rings is 3. The van der Waals surface area contributed by atoms with Gasteiger partial charge in [-0.2, -0.15) is 5.10 Å². The van der Waals surface area contributed by atoms with Crippen molar-refractivity contribution in [3.05, 3.63) is 127 Å². The van der Waals surface area contributed by atoms with Gasteiger partial charge >= 0.3 is 0 Å². The van der Waals surface area contributed by atoms with E-state index in [-0.39, 0.29) is 12.0 Å². The topological polar surface area (TPSA) is 84.2 Å². The average Bonchev–Trinajstić information content (AvgIpc) is 3.36. The molecule has 0 bridgehead atoms. The molecule has 0 unspecified atom stereocenters. The number of rotatable bonds is 7. The summed E-state index contributed by atoms with van der Waals surface area (Å²) in [6.45, 7) is 0. The molecule has 0 saturated heterocycles. The molecule has 0 radical (unpaired) electrons. The van der Waals surface area contributed by atoms with Crippen molar-refractivity contribution in [2.24, 2.45) is 0 Å². The molecule has 6 rings (SSSR count). The normalized spacial score (nSPS) is 10.9. The fraction of sp³-hybridized carbons (Fsp3) is 0.0323. The van der Waals surface area contributed by atoms with Crippen LogP contribution in [-0.2, 0) is 11.2 Å². The summed E-state index contributed by atoms with van der Waals surface area (Å²) in [6, 6.07) is 27.5. The summed E-state index contributed by atoms with van der Waals surface area (Å²) in [7, 11) is 0. The summed E-state index contributed by atoms with van der Waals surface area (Å²) in [5.41, 5.74) is 5.05. The number of fused-ring (bicyclic) bond motifs is 1. The maximum absolute atomic E-state index is 14.0. The van der Waals surface area contributed by atoms with Gasteiger partial charge in [0.2, 0.25) is 11.9 Å². The van der Waals surface area contributed by atoms with Crippen LogP contribution in [0.25, 0.3) is 28.0 Å². The monoisotopic (exact) mass is 532 g/mol. The lowest BCUT2D eigenvalue weighted by Gasteiger charge is -2.09. The number of nitrogens with zero attached hydrogens (tertiary/aromatic N) is 4. The van der Waals surface area contributed by atoms with Gasteiger partial charge in [-0.1, -0.05) is 36.4 Å². The highest BCUT2D eigenvalue weighted by Crippen LogP contribution is 2.35. The van der Waals surface area contributed by atoms with Crippen LogP contribution in [0.1, 0.15) is 5.56 Å². The molecule has 0 fully saturated rings. The third kappa shape index (κ3) is 5.25. The van der Waals surface area contributed by atoms with Crippen LogP contribution in [0.2, 0.25) is 0 Å². The van der Waals surface area contributed by atoms with Crippen molar-refractivity contribution in [2.45, 2.75) is 6.42 Å². The number of anilines is 3. The van der Waals surface area contributed by atoms with Gasteiger partial charge in [0.25, 0.3) is 0 Å². The summed E-state index contributed by atoms with van der Waals surface area (Å²) in [4.78, 5) is 21.8. The molecule has 0 aliphatic heterocycles. The van der Waals surface area contributed by atoms with Crippen LogP contribution in [0, 0.1) is 11.6 Å². The Morgan fingerprint density at radius 1 is 0.850 bits per heavy atom. The molecular formula is C31H22F2N6O. The Morgan fingerprint density at radius 2 is 1.68 bits per heavy atom. The minimum Gasteiger partial charge on any atom is -0.326 e. The lowest BCUT2D eigenvalue weighted by Crippen LogP contribution is -2.15. The third-order valence-electron chi connectivity index (χ3n) is 6.26. The Balaban J connectivity index is 1.34. The first-order valence-corrected chi connectivity index (χ1v) is 12.5. The highest BCUT2D eigenvalue weighted by Gasteiger charge is 2.19. The van der Waals surface area contributed by atoms with Gasteiger partial charge in [-0.05, 0) is 60.7 Å². The van der Waals surface area contributed by atoms with Gasteiger partial charge in [-0.25, -0.2) is 23.3 Å². The van der Waals surface area contributed by atoms with Crippen LogP contribution < -0.4 is 10.6 Å². The second kappa shape index (κ2) is 10.7. The van der Waals surface area contributed by atoms with Crippen molar-refractivity contribution in [3.8, 4) is 22.5 Å². The van der Waals surface area contributed by atoms with Gasteiger partial charge in [0.05, 0.1) is 23.2 Å². The number of amides is 1. The van der Waals surface area contributed by atoms with Crippen molar-refractivity contribution in [1.82, 2.24) is 19.6 Å². The van der Waals surface area contributed by atoms with E-state index in [0.717, 1.165) is 40.5 Å². The zero-order chi connectivity index (χ0) is 27.5. The van der Waals surface area contributed by atoms with Crippen LogP contribution >= 0.6 is 0 Å². The summed E-state index contributed by atoms with van der Waals surface area (Å²) in [6.07, 6.45) is 3.24. The van der Waals surface area contributed by atoms with Crippen molar-refractivity contribution < 1.29 is 13.6 Å². The van der Waals surface area contributed by atoms with Crippen molar-refractivity contribution in [2.75, 3.05) is 10.6 Å². The van der Waals surface area contributed by atoms with E-state index in [2.05, 4.69) is 15.6 Å². The third-order valence-corrected chi connectivity index (χ3v) is 6.26. The van der Waals surface area contributed by atoms with Crippen LogP contribution in [0.3, 0.4) is 0 Å². The second-order valence-corrected chi connectivity index (χ2v) is 9.05. The summed E-state index contributed by atoms with van der Waals surface area (Å²) >= 11 is 0. The lowest BCUT2D eigenvalue weighted by atomic mass is 10.0. The Kier molecular flexibility index (Phi) is 6.68. The second-order valence-electron chi connectivity index (χ2n) is 9.05. The van der Waals surface area contributed by atoms with E-state index in [4.69, 9.17) is 10.1 Å². The number of para-hydroxylation sites is 1. The van der Waals surface area contributed by atoms with E-state index in [0.29, 0.717) is 23.0 Å². The Labute approximate surface area is 228 Å². The van der Waals surface area contributed by atoms with Crippen LogP contribution in [0.4, 0.5) is 26.1 Å². The molecule has 40 heavy (non-hydrogen) atoms. The van der Waals surface area contributed by atoms with Gasteiger partial charge < -0.3 is 10.6 Å². The molecule has 0 saturated carbocycles. The van der Waals surface area contributed by atoms with Crippen molar-refractivity contribution in [1.29, 1.82) is 0 Å². The van der Waals surface area contributed by atoms with Gasteiger partial charge in [0.1, 0.15) is 17.3 Å². The fourth-order valence-corrected chi connectivity index (χ4v) is 4.46. The van der Waals surface area contributed by atoms with Gasteiger partial charge in [-0.3, -0.25) is 4.79 Å². The minimum atomic E-state index is -0.634. The molecule has 7 nitrogen and oxygen atoms in total. The number of hydrogen-bond donors (Lipinski definition) is 2. The molecule has 3 heterocycles. The van der Waals surface area contributed by atoms with E-state index >= 15 is 0 Å². The molecule has 3 aromatic carbocycles. The van der Waals surface area contributed by atoms with Crippen LogP contribution in [0.5, 0.6) is 0 Å². The molecule has 0 aliphatic rings. The lowest BCUT2D eigenvalue weighted by molar-refractivity contribution is -0.115. The number of hydrogen-bond acceptors (Lipinski definition) is 5. The van der Waals surface area contributed by atoms with Gasteiger partial charge in [-0.15, -0.1) is 0 Å². The van der Waals surface area contributed by atoms with E-state index in [1.807, 2.05) is 66.9 Å². The molecule has 0 spiro atoms. The minimum absolute atomic E-state index is 0.0139. The van der Waals surface area contributed by atoms with E-state index in [1.165, 1.54) is 0 Å². The maximum atomic E-state index is 14.0. The van der Waals surface area contributed by atoms with E-state index in [1.54, 1.807) is 28.9 Å². The first-order valence-electron chi connectivity index (χ1n) is 12.5. The van der Waals surface area contributed by atoms with Crippen LogP contribution in [-0.4, -0.2) is 25.5 Å². The quantitative estimate of drug-likeness (QED) is 0.240. The summed E-state index contributed by atoms with van der Waals surface area (Å²) in [5, 5.41) is 10.8. The molecule has 1 amide bonds. The number of aromatic nitrogens is 4. The number of pyridine rings is 1. The highest BCUT2D eigenvalue weighted by molar-refractivity contribution is 5.95. The molecule has 2 N–H and O–H groups in total. The summed E-state index contributed by atoms with van der Waals surface area (Å²) < 4.78 is 29.4. The fourth-order valence-electron chi connectivity index (χ4n) is 4.46. The molecular weight excluding hydrogens is 510 g/mol. The average molecular weight is 533 g/mol. The molecule has 0 aliphatic carbocycles. The molecule has 6 aromatic rings. The van der Waals surface area contributed by atoms with E-state index < -0.39 is 17.5 Å². The van der Waals surface area contributed by atoms with Crippen molar-refractivity contribution in [3.63, 3.8) is 0 Å². The zero-order valence-electron chi connectivity index (χ0n) is 21.1.